The fraction of sp³-hybridized carbons (Fsp3) is 0.316. The van der Waals surface area contributed by atoms with Crippen LogP contribution in [-0.2, 0) is 10.0 Å². The van der Waals surface area contributed by atoms with E-state index in [0.29, 0.717) is 5.69 Å². The number of para-hydroxylation sites is 1. The third-order valence-electron chi connectivity index (χ3n) is 4.22. The maximum absolute atomic E-state index is 12.7. The summed E-state index contributed by atoms with van der Waals surface area (Å²) in [5.41, 5.74) is 3.47. The molecule has 0 bridgehead atoms. The van der Waals surface area contributed by atoms with Gasteiger partial charge in [-0.25, -0.2) is 8.42 Å². The van der Waals surface area contributed by atoms with E-state index in [1.807, 2.05) is 25.1 Å². The molecular weight excluding hydrogens is 372 g/mol. The molecule has 1 N–H and O–H groups in total. The van der Waals surface area contributed by atoms with E-state index in [2.05, 4.69) is 19.2 Å². The lowest BCUT2D eigenvalue weighted by Gasteiger charge is -2.19. The topological polar surface area (TPSA) is 66.5 Å². The molecule has 140 valence electrons. The predicted molar refractivity (Wildman–Crippen MR) is 108 cm³/mol. The first-order valence-electron chi connectivity index (χ1n) is 8.16. The van der Waals surface area contributed by atoms with E-state index in [1.54, 1.807) is 6.07 Å². The number of anilines is 2. The lowest BCUT2D eigenvalue weighted by Crippen LogP contribution is -2.25. The molecule has 0 saturated carbocycles. The van der Waals surface area contributed by atoms with Gasteiger partial charge in [0.1, 0.15) is 0 Å². The standard InChI is InChI=1S/C19H23ClN2O3S/c1-12(2)15-8-6-7-13(3)18(15)21-19(23)16-10-9-14(11-17(16)20)22(4)26(5,24)25/h6-12H,1-5H3,(H,21,23). The zero-order valence-corrected chi connectivity index (χ0v) is 17.1. The molecule has 2 rings (SSSR count). The Balaban J connectivity index is 2.35. The molecule has 0 atom stereocenters. The Kier molecular flexibility index (Phi) is 5.98. The number of benzene rings is 2. The van der Waals surface area contributed by atoms with Crippen LogP contribution >= 0.6 is 11.6 Å². The van der Waals surface area contributed by atoms with Crippen LogP contribution in [0.15, 0.2) is 36.4 Å². The van der Waals surface area contributed by atoms with Gasteiger partial charge in [0.05, 0.1) is 22.5 Å². The van der Waals surface area contributed by atoms with Crippen LogP contribution in [-0.4, -0.2) is 27.6 Å². The molecule has 26 heavy (non-hydrogen) atoms. The molecule has 0 saturated heterocycles. The summed E-state index contributed by atoms with van der Waals surface area (Å²) in [5, 5.41) is 3.13. The molecule has 0 radical (unpaired) electrons. The zero-order valence-electron chi connectivity index (χ0n) is 15.5. The van der Waals surface area contributed by atoms with Gasteiger partial charge >= 0.3 is 0 Å². The van der Waals surface area contributed by atoms with Crippen molar-refractivity contribution in [1.82, 2.24) is 0 Å². The third kappa shape index (κ3) is 4.37. The number of carbonyl (C=O) groups is 1. The molecule has 0 heterocycles. The first-order chi connectivity index (χ1) is 12.0. The van der Waals surface area contributed by atoms with Crippen LogP contribution in [0.5, 0.6) is 0 Å². The van der Waals surface area contributed by atoms with Crippen molar-refractivity contribution >= 4 is 38.9 Å². The van der Waals surface area contributed by atoms with Crippen molar-refractivity contribution in [2.45, 2.75) is 26.7 Å². The average molecular weight is 395 g/mol. The molecule has 0 aromatic heterocycles. The molecule has 0 aliphatic rings. The van der Waals surface area contributed by atoms with Crippen molar-refractivity contribution in [2.24, 2.45) is 0 Å². The molecule has 2 aromatic carbocycles. The summed E-state index contributed by atoms with van der Waals surface area (Å²) in [5.74, 6) is -0.0776. The van der Waals surface area contributed by atoms with Crippen LogP contribution in [0.3, 0.4) is 0 Å². The summed E-state index contributed by atoms with van der Waals surface area (Å²) in [6.07, 6.45) is 1.10. The van der Waals surface area contributed by atoms with Gasteiger partial charge in [0, 0.05) is 12.7 Å². The van der Waals surface area contributed by atoms with Gasteiger partial charge in [0.25, 0.3) is 5.91 Å². The maximum atomic E-state index is 12.7. The minimum absolute atomic E-state index is 0.190. The lowest BCUT2D eigenvalue weighted by molar-refractivity contribution is 0.102. The highest BCUT2D eigenvalue weighted by atomic mass is 35.5. The van der Waals surface area contributed by atoms with Crippen molar-refractivity contribution < 1.29 is 13.2 Å². The molecule has 0 unspecified atom stereocenters. The Bertz CT molecular complexity index is 940. The summed E-state index contributed by atoms with van der Waals surface area (Å²) < 4.78 is 24.4. The first kappa shape index (κ1) is 20.3. The van der Waals surface area contributed by atoms with E-state index in [4.69, 9.17) is 11.6 Å². The number of halogens is 1. The lowest BCUT2D eigenvalue weighted by atomic mass is 9.98. The highest BCUT2D eigenvalue weighted by Crippen LogP contribution is 2.29. The number of rotatable bonds is 5. The van der Waals surface area contributed by atoms with Gasteiger partial charge in [-0.1, -0.05) is 43.6 Å². The van der Waals surface area contributed by atoms with Gasteiger partial charge in [0.2, 0.25) is 10.0 Å². The minimum atomic E-state index is -3.40. The Labute approximate surface area is 160 Å². The minimum Gasteiger partial charge on any atom is -0.321 e. The molecule has 2 aromatic rings. The summed E-state index contributed by atoms with van der Waals surface area (Å²) >= 11 is 6.24. The predicted octanol–water partition coefficient (Wildman–Crippen LogP) is 4.42. The van der Waals surface area contributed by atoms with Crippen LogP contribution in [0.4, 0.5) is 11.4 Å². The quantitative estimate of drug-likeness (QED) is 0.816. The number of nitrogens with one attached hydrogen (secondary N) is 1. The van der Waals surface area contributed by atoms with Crippen molar-refractivity contribution in [3.05, 3.63) is 58.1 Å². The summed E-state index contributed by atoms with van der Waals surface area (Å²) in [6, 6.07) is 10.4. The van der Waals surface area contributed by atoms with E-state index in [1.165, 1.54) is 19.2 Å². The molecular formula is C19H23ClN2O3S. The molecule has 0 aliphatic carbocycles. The van der Waals surface area contributed by atoms with E-state index in [9.17, 15) is 13.2 Å². The smallest absolute Gasteiger partial charge is 0.257 e. The first-order valence-corrected chi connectivity index (χ1v) is 10.4. The summed E-state index contributed by atoms with van der Waals surface area (Å²) in [6.45, 7) is 6.06. The Hall–Kier alpha value is -2.05. The number of hydrogen-bond acceptors (Lipinski definition) is 3. The Morgan fingerprint density at radius 2 is 1.85 bits per heavy atom. The van der Waals surface area contributed by atoms with Crippen molar-refractivity contribution in [2.75, 3.05) is 22.9 Å². The average Bonchev–Trinajstić information content (AvgIpc) is 2.54. The highest BCUT2D eigenvalue weighted by Gasteiger charge is 2.18. The van der Waals surface area contributed by atoms with Crippen molar-refractivity contribution in [1.29, 1.82) is 0 Å². The number of hydrogen-bond donors (Lipinski definition) is 1. The van der Waals surface area contributed by atoms with Crippen LogP contribution in [0, 0.1) is 6.92 Å². The summed E-state index contributed by atoms with van der Waals surface area (Å²) in [7, 11) is -1.97. The van der Waals surface area contributed by atoms with Crippen molar-refractivity contribution in [3.63, 3.8) is 0 Å². The van der Waals surface area contributed by atoms with Gasteiger partial charge in [-0.05, 0) is 42.2 Å². The van der Waals surface area contributed by atoms with Crippen molar-refractivity contribution in [3.8, 4) is 0 Å². The fourth-order valence-electron chi connectivity index (χ4n) is 2.60. The SMILES string of the molecule is Cc1cccc(C(C)C)c1NC(=O)c1ccc(N(C)S(C)(=O)=O)cc1Cl. The third-order valence-corrected chi connectivity index (χ3v) is 5.74. The summed E-state index contributed by atoms with van der Waals surface area (Å²) in [4.78, 5) is 12.7. The second kappa shape index (κ2) is 7.68. The molecule has 1 amide bonds. The van der Waals surface area contributed by atoms with Gasteiger partial charge in [-0.15, -0.1) is 0 Å². The number of amides is 1. The highest BCUT2D eigenvalue weighted by molar-refractivity contribution is 7.92. The molecule has 7 heteroatoms. The second-order valence-corrected chi connectivity index (χ2v) is 8.96. The van der Waals surface area contributed by atoms with Crippen LogP contribution < -0.4 is 9.62 Å². The fourth-order valence-corrected chi connectivity index (χ4v) is 3.36. The molecule has 0 aliphatic heterocycles. The van der Waals surface area contributed by atoms with E-state index < -0.39 is 10.0 Å². The molecule has 0 spiro atoms. The van der Waals surface area contributed by atoms with Crippen LogP contribution in [0.1, 0.15) is 41.3 Å². The normalized spacial score (nSPS) is 11.5. The number of carbonyl (C=O) groups excluding carboxylic acids is 1. The largest absolute Gasteiger partial charge is 0.321 e. The van der Waals surface area contributed by atoms with Gasteiger partial charge in [-0.2, -0.15) is 0 Å². The van der Waals surface area contributed by atoms with Gasteiger partial charge < -0.3 is 5.32 Å². The second-order valence-electron chi connectivity index (χ2n) is 6.54. The Morgan fingerprint density at radius 1 is 1.19 bits per heavy atom. The maximum Gasteiger partial charge on any atom is 0.257 e. The number of aryl methyl sites for hydroxylation is 1. The van der Waals surface area contributed by atoms with Crippen LogP contribution in [0.2, 0.25) is 5.02 Å². The number of sulfonamides is 1. The van der Waals surface area contributed by atoms with Gasteiger partial charge in [0.15, 0.2) is 0 Å². The van der Waals surface area contributed by atoms with E-state index in [0.717, 1.165) is 27.4 Å². The van der Waals surface area contributed by atoms with E-state index >= 15 is 0 Å². The molecule has 0 fully saturated rings. The zero-order chi connectivity index (χ0) is 19.6. The van der Waals surface area contributed by atoms with Gasteiger partial charge in [-0.3, -0.25) is 9.10 Å². The van der Waals surface area contributed by atoms with E-state index in [-0.39, 0.29) is 22.4 Å². The number of nitrogens with zero attached hydrogens (tertiary/aromatic N) is 1. The molecule has 5 nitrogen and oxygen atoms in total. The Morgan fingerprint density at radius 3 is 2.38 bits per heavy atom. The monoisotopic (exact) mass is 394 g/mol. The van der Waals surface area contributed by atoms with Crippen LogP contribution in [0.25, 0.3) is 0 Å².